The summed E-state index contributed by atoms with van der Waals surface area (Å²) in [6, 6.07) is 28.4. The maximum Gasteiger partial charge on any atom is 0.203 e. The van der Waals surface area contributed by atoms with Crippen molar-refractivity contribution in [3.8, 4) is 28.7 Å². The van der Waals surface area contributed by atoms with Crippen LogP contribution in [0.1, 0.15) is 34.7 Å². The predicted octanol–water partition coefficient (Wildman–Crippen LogP) is 6.96. The van der Waals surface area contributed by atoms with E-state index >= 15 is 0 Å². The van der Waals surface area contributed by atoms with Crippen LogP contribution in [0.3, 0.4) is 0 Å². The van der Waals surface area contributed by atoms with Gasteiger partial charge in [-0.3, -0.25) is 5.01 Å². The van der Waals surface area contributed by atoms with Crippen LogP contribution in [0.2, 0.25) is 0 Å². The first-order valence-corrected chi connectivity index (χ1v) is 13.1. The molecule has 4 aromatic rings. The first-order chi connectivity index (χ1) is 19.5. The van der Waals surface area contributed by atoms with Gasteiger partial charge in [0, 0.05) is 12.0 Å². The number of methoxy groups -OCH3 is 4. The summed E-state index contributed by atoms with van der Waals surface area (Å²) in [5.41, 5.74) is 6.20. The molecule has 0 aliphatic carbocycles. The van der Waals surface area contributed by atoms with E-state index in [0.29, 0.717) is 41.8 Å². The van der Waals surface area contributed by atoms with Crippen molar-refractivity contribution in [2.24, 2.45) is 5.10 Å². The van der Waals surface area contributed by atoms with E-state index in [1.165, 1.54) is 5.56 Å². The summed E-state index contributed by atoms with van der Waals surface area (Å²) < 4.78 is 28.6. The van der Waals surface area contributed by atoms with E-state index < -0.39 is 0 Å². The zero-order valence-corrected chi connectivity index (χ0v) is 23.5. The Morgan fingerprint density at radius 1 is 0.725 bits per heavy atom. The molecule has 0 bridgehead atoms. The number of nitrogens with zero attached hydrogens (tertiary/aromatic N) is 2. The molecule has 7 heteroatoms. The molecule has 0 aromatic heterocycles. The number of hydrogen-bond donors (Lipinski definition) is 0. The largest absolute Gasteiger partial charge is 0.493 e. The smallest absolute Gasteiger partial charge is 0.203 e. The molecular formula is C33H34N2O5. The zero-order chi connectivity index (χ0) is 28.1. The maximum atomic E-state index is 6.14. The number of rotatable bonds is 10. The quantitative estimate of drug-likeness (QED) is 0.217. The third-order valence-corrected chi connectivity index (χ3v) is 7.02. The highest BCUT2D eigenvalue weighted by Crippen LogP contribution is 2.43. The van der Waals surface area contributed by atoms with Crippen LogP contribution in [0, 0.1) is 6.92 Å². The van der Waals surface area contributed by atoms with Gasteiger partial charge in [0.25, 0.3) is 0 Å². The molecule has 4 aromatic carbocycles. The highest BCUT2D eigenvalue weighted by molar-refractivity contribution is 6.04. The molecule has 1 heterocycles. The van der Waals surface area contributed by atoms with Crippen LogP contribution in [0.25, 0.3) is 0 Å². The zero-order valence-electron chi connectivity index (χ0n) is 23.5. The molecule has 0 radical (unpaired) electrons. The Balaban J connectivity index is 1.47. The third-order valence-electron chi connectivity index (χ3n) is 7.02. The molecule has 1 atom stereocenters. The van der Waals surface area contributed by atoms with E-state index in [2.05, 4.69) is 54.4 Å². The van der Waals surface area contributed by atoms with Gasteiger partial charge in [0.15, 0.2) is 23.0 Å². The van der Waals surface area contributed by atoms with Gasteiger partial charge < -0.3 is 23.7 Å². The number of ether oxygens (including phenoxy) is 5. The highest BCUT2D eigenvalue weighted by Gasteiger charge is 2.31. The van der Waals surface area contributed by atoms with Crippen molar-refractivity contribution in [2.75, 3.05) is 33.4 Å². The number of benzene rings is 4. The van der Waals surface area contributed by atoms with E-state index in [4.69, 9.17) is 28.8 Å². The Morgan fingerprint density at radius 3 is 2.02 bits per heavy atom. The second kappa shape index (κ2) is 12.0. The van der Waals surface area contributed by atoms with Gasteiger partial charge in [0.05, 0.1) is 45.9 Å². The Labute approximate surface area is 235 Å². The van der Waals surface area contributed by atoms with E-state index in [1.54, 1.807) is 28.4 Å². The minimum absolute atomic E-state index is 0.0588. The van der Waals surface area contributed by atoms with Gasteiger partial charge in [0.2, 0.25) is 5.75 Å². The predicted molar refractivity (Wildman–Crippen MR) is 157 cm³/mol. The van der Waals surface area contributed by atoms with Crippen LogP contribution < -0.4 is 28.7 Å². The fraction of sp³-hybridized carbons (Fsp3) is 0.242. The van der Waals surface area contributed by atoms with Crippen LogP contribution in [0.5, 0.6) is 28.7 Å². The summed E-state index contributed by atoms with van der Waals surface area (Å²) in [6.45, 7) is 2.54. The van der Waals surface area contributed by atoms with Crippen molar-refractivity contribution in [2.45, 2.75) is 26.0 Å². The van der Waals surface area contributed by atoms with Crippen LogP contribution in [-0.2, 0) is 6.61 Å². The van der Waals surface area contributed by atoms with Crippen molar-refractivity contribution in [1.29, 1.82) is 0 Å². The molecule has 0 saturated heterocycles. The van der Waals surface area contributed by atoms with Gasteiger partial charge in [-0.05, 0) is 54.4 Å². The second-order valence-electron chi connectivity index (χ2n) is 9.55. The molecule has 1 aliphatic rings. The van der Waals surface area contributed by atoms with Crippen LogP contribution >= 0.6 is 0 Å². The molecule has 206 valence electrons. The van der Waals surface area contributed by atoms with Gasteiger partial charge in [-0.25, -0.2) is 0 Å². The van der Waals surface area contributed by atoms with Crippen LogP contribution in [-0.4, -0.2) is 34.2 Å². The SMILES string of the molecule is COc1cc(C2CC(c3cc(OC)c(OC)c(OC)c3)=NN2c2ccccc2)ccc1OCc1ccc(C)cc1. The van der Waals surface area contributed by atoms with Gasteiger partial charge >= 0.3 is 0 Å². The van der Waals surface area contributed by atoms with Crippen molar-refractivity contribution in [3.63, 3.8) is 0 Å². The van der Waals surface area contributed by atoms with Crippen LogP contribution in [0.15, 0.2) is 90.0 Å². The highest BCUT2D eigenvalue weighted by atomic mass is 16.5. The average molecular weight is 539 g/mol. The van der Waals surface area contributed by atoms with E-state index in [1.807, 2.05) is 42.5 Å². The number of aryl methyl sites for hydroxylation is 1. The average Bonchev–Trinajstić information content (AvgIpc) is 3.46. The normalized spacial score (nSPS) is 14.5. The number of hydrogen-bond acceptors (Lipinski definition) is 7. The van der Waals surface area contributed by atoms with Crippen molar-refractivity contribution in [1.82, 2.24) is 0 Å². The Hall–Kier alpha value is -4.65. The monoisotopic (exact) mass is 538 g/mol. The molecule has 7 nitrogen and oxygen atoms in total. The molecule has 0 amide bonds. The molecule has 5 rings (SSSR count). The number of anilines is 1. The summed E-state index contributed by atoms with van der Waals surface area (Å²) >= 11 is 0. The number of hydrazone groups is 1. The standard InChI is InChI=1S/C33H34N2O5/c1-22-11-13-23(14-12-22)21-40-29-16-15-24(17-30(29)36-2)28-20-27(34-35(28)26-9-7-6-8-10-26)25-18-31(37-3)33(39-5)32(19-25)38-4/h6-19,28H,20-21H2,1-5H3. The summed E-state index contributed by atoms with van der Waals surface area (Å²) in [5, 5.41) is 7.14. The topological polar surface area (TPSA) is 61.8 Å². The Kier molecular flexibility index (Phi) is 8.10. The molecule has 0 fully saturated rings. The van der Waals surface area contributed by atoms with Gasteiger partial charge in [-0.2, -0.15) is 5.10 Å². The number of para-hydroxylation sites is 1. The lowest BCUT2D eigenvalue weighted by atomic mass is 9.97. The second-order valence-corrected chi connectivity index (χ2v) is 9.55. The summed E-state index contributed by atoms with van der Waals surface area (Å²) in [6.07, 6.45) is 0.667. The maximum absolute atomic E-state index is 6.14. The first kappa shape index (κ1) is 26.9. The minimum Gasteiger partial charge on any atom is -0.493 e. The summed E-state index contributed by atoms with van der Waals surface area (Å²) in [7, 11) is 6.50. The lowest BCUT2D eigenvalue weighted by molar-refractivity contribution is 0.284. The van der Waals surface area contributed by atoms with Crippen LogP contribution in [0.4, 0.5) is 5.69 Å². The van der Waals surface area contributed by atoms with Crippen molar-refractivity contribution >= 4 is 11.4 Å². The van der Waals surface area contributed by atoms with Gasteiger partial charge in [-0.15, -0.1) is 0 Å². The van der Waals surface area contributed by atoms with Crippen molar-refractivity contribution < 1.29 is 23.7 Å². The van der Waals surface area contributed by atoms with Gasteiger partial charge in [0.1, 0.15) is 6.61 Å². The molecule has 0 spiro atoms. The summed E-state index contributed by atoms with van der Waals surface area (Å²) in [4.78, 5) is 0. The molecule has 40 heavy (non-hydrogen) atoms. The fourth-order valence-electron chi connectivity index (χ4n) is 4.87. The molecule has 0 saturated carbocycles. The van der Waals surface area contributed by atoms with E-state index in [0.717, 1.165) is 28.1 Å². The minimum atomic E-state index is -0.0588. The summed E-state index contributed by atoms with van der Waals surface area (Å²) in [5.74, 6) is 3.10. The van der Waals surface area contributed by atoms with Crippen molar-refractivity contribution in [3.05, 3.63) is 107 Å². The first-order valence-electron chi connectivity index (χ1n) is 13.1. The third kappa shape index (κ3) is 5.54. The van der Waals surface area contributed by atoms with Gasteiger partial charge in [-0.1, -0.05) is 54.1 Å². The molecule has 1 unspecified atom stereocenters. The lowest BCUT2D eigenvalue weighted by Gasteiger charge is -2.24. The molecular weight excluding hydrogens is 504 g/mol. The van der Waals surface area contributed by atoms with E-state index in [9.17, 15) is 0 Å². The molecule has 0 N–H and O–H groups in total. The molecule has 1 aliphatic heterocycles. The van der Waals surface area contributed by atoms with E-state index in [-0.39, 0.29) is 6.04 Å². The fourth-order valence-corrected chi connectivity index (χ4v) is 4.87. The Bertz CT molecular complexity index is 1460. The Morgan fingerprint density at radius 2 is 1.40 bits per heavy atom. The lowest BCUT2D eigenvalue weighted by Crippen LogP contribution is -2.18.